The molecule has 0 bridgehead atoms. The van der Waals surface area contributed by atoms with E-state index in [1.54, 1.807) is 0 Å². The Morgan fingerprint density at radius 3 is 1.53 bits per heavy atom. The molecule has 300 valence electrons. The predicted molar refractivity (Wildman–Crippen MR) is 265 cm³/mol. The van der Waals surface area contributed by atoms with Crippen molar-refractivity contribution in [3.63, 3.8) is 0 Å². The van der Waals surface area contributed by atoms with Crippen LogP contribution >= 0.6 is 0 Å². The Morgan fingerprint density at radius 1 is 0.312 bits per heavy atom. The molecule has 0 fully saturated rings. The van der Waals surface area contributed by atoms with Gasteiger partial charge in [0.25, 0.3) is 0 Å². The quantitative estimate of drug-likeness (QED) is 0.160. The van der Waals surface area contributed by atoms with Crippen molar-refractivity contribution in [2.24, 2.45) is 0 Å². The summed E-state index contributed by atoms with van der Waals surface area (Å²) in [7, 11) is 0. The molecular weight excluding hydrogens is 777 g/mol. The van der Waals surface area contributed by atoms with Crippen LogP contribution in [0.3, 0.4) is 0 Å². The largest absolute Gasteiger partial charge is 0.456 e. The Balaban J connectivity index is 1.08. The van der Waals surface area contributed by atoms with Crippen molar-refractivity contribution in [1.29, 1.82) is 0 Å². The molecule has 0 saturated carbocycles. The van der Waals surface area contributed by atoms with Gasteiger partial charge in [-0.15, -0.1) is 0 Å². The van der Waals surface area contributed by atoms with Gasteiger partial charge >= 0.3 is 0 Å². The van der Waals surface area contributed by atoms with Gasteiger partial charge in [0.1, 0.15) is 11.3 Å². The second kappa shape index (κ2) is 14.3. The molecule has 11 aromatic rings. The maximum absolute atomic E-state index is 7.02. The number of hydrogen-bond acceptors (Lipinski definition) is 3. The van der Waals surface area contributed by atoms with Crippen LogP contribution in [0.4, 0.5) is 34.1 Å². The van der Waals surface area contributed by atoms with Gasteiger partial charge in [-0.25, -0.2) is 0 Å². The van der Waals surface area contributed by atoms with Crippen LogP contribution in [-0.4, -0.2) is 0 Å². The Kier molecular flexibility index (Phi) is 8.13. The Labute approximate surface area is 372 Å². The molecule has 1 aromatic heterocycles. The van der Waals surface area contributed by atoms with E-state index in [9.17, 15) is 0 Å². The molecule has 10 aromatic carbocycles. The Morgan fingerprint density at radius 2 is 0.797 bits per heavy atom. The Bertz CT molecular complexity index is 3520. The molecule has 64 heavy (non-hydrogen) atoms. The maximum Gasteiger partial charge on any atom is 0.140 e. The van der Waals surface area contributed by atoms with Crippen LogP contribution in [0, 0.1) is 0 Å². The standard InChI is InChI=1S/C61H40N2O/c1-4-16-41(17-5-1)43-28-31-47(32-29-43)63(48-33-30-42-18-10-11-19-44(42)38-48)50-35-37-53-57(40-50)61(59-54-25-13-15-27-58(54)64-60(53)59)55-26-14-12-24-51(55)52-36-34-49(39-56(52)61)62(45-20-6-2-7-21-45)46-22-8-3-9-23-46/h1-40H. The normalized spacial score (nSPS) is 14.3. The summed E-state index contributed by atoms with van der Waals surface area (Å²) in [6.45, 7) is 0. The molecule has 0 saturated heterocycles. The minimum atomic E-state index is -0.680. The third kappa shape index (κ3) is 5.41. The van der Waals surface area contributed by atoms with Gasteiger partial charge in [0.15, 0.2) is 0 Å². The van der Waals surface area contributed by atoms with Crippen LogP contribution in [0.1, 0.15) is 22.3 Å². The zero-order valence-electron chi connectivity index (χ0n) is 34.9. The summed E-state index contributed by atoms with van der Waals surface area (Å²) in [4.78, 5) is 4.79. The molecule has 1 atom stereocenters. The molecule has 3 nitrogen and oxygen atoms in total. The lowest BCUT2D eigenvalue weighted by atomic mass is 9.70. The van der Waals surface area contributed by atoms with E-state index in [1.807, 2.05) is 0 Å². The van der Waals surface area contributed by atoms with Gasteiger partial charge in [-0.1, -0.05) is 158 Å². The summed E-state index contributed by atoms with van der Waals surface area (Å²) in [5.74, 6) is 0.934. The first-order chi connectivity index (χ1) is 31.7. The molecule has 2 aliphatic rings. The van der Waals surface area contributed by atoms with Crippen LogP contribution in [-0.2, 0) is 5.41 Å². The summed E-state index contributed by atoms with van der Waals surface area (Å²) >= 11 is 0. The van der Waals surface area contributed by atoms with Crippen LogP contribution < -0.4 is 9.80 Å². The van der Waals surface area contributed by atoms with Crippen LogP contribution in [0.15, 0.2) is 247 Å². The van der Waals surface area contributed by atoms with Crippen molar-refractivity contribution in [3.05, 3.63) is 265 Å². The van der Waals surface area contributed by atoms with Crippen LogP contribution in [0.5, 0.6) is 0 Å². The SMILES string of the molecule is c1ccc(-c2ccc(N(c3ccc4c(c3)C3(c5ccccc5-c5ccc(N(c6ccccc6)c6ccccc6)cc53)c3c-4oc4ccccc34)c3ccc4ccccc4c3)cc2)cc1. The number of furan rings is 1. The number of rotatable bonds is 7. The van der Waals surface area contributed by atoms with Crippen molar-refractivity contribution in [3.8, 4) is 33.6 Å². The fourth-order valence-corrected chi connectivity index (χ4v) is 10.7. The van der Waals surface area contributed by atoms with Crippen molar-refractivity contribution in [2.45, 2.75) is 5.41 Å². The molecule has 13 rings (SSSR count). The first-order valence-electron chi connectivity index (χ1n) is 22.0. The molecule has 2 aliphatic carbocycles. The van der Waals surface area contributed by atoms with Gasteiger partial charge in [0.05, 0.1) is 5.41 Å². The number of nitrogens with zero attached hydrogens (tertiary/aromatic N) is 2. The van der Waals surface area contributed by atoms with Gasteiger partial charge in [-0.3, -0.25) is 0 Å². The fourth-order valence-electron chi connectivity index (χ4n) is 10.7. The van der Waals surface area contributed by atoms with E-state index in [1.165, 1.54) is 55.3 Å². The van der Waals surface area contributed by atoms with Crippen molar-refractivity contribution in [1.82, 2.24) is 0 Å². The highest BCUT2D eigenvalue weighted by Gasteiger charge is 2.55. The molecule has 0 N–H and O–H groups in total. The average molecular weight is 817 g/mol. The zero-order chi connectivity index (χ0) is 42.2. The van der Waals surface area contributed by atoms with E-state index in [4.69, 9.17) is 4.42 Å². The van der Waals surface area contributed by atoms with Crippen LogP contribution in [0.25, 0.3) is 55.3 Å². The lowest BCUT2D eigenvalue weighted by Crippen LogP contribution is -2.26. The molecule has 1 unspecified atom stereocenters. The van der Waals surface area contributed by atoms with Gasteiger partial charge in [-0.2, -0.15) is 0 Å². The fraction of sp³-hybridized carbons (Fsp3) is 0.0164. The van der Waals surface area contributed by atoms with Gasteiger partial charge < -0.3 is 14.2 Å². The monoisotopic (exact) mass is 816 g/mol. The summed E-state index contributed by atoms with van der Waals surface area (Å²) in [6, 6.07) is 88.1. The molecule has 0 aliphatic heterocycles. The first-order valence-corrected chi connectivity index (χ1v) is 22.0. The summed E-state index contributed by atoms with van der Waals surface area (Å²) in [5.41, 5.74) is 17.7. The van der Waals surface area contributed by atoms with Crippen LogP contribution in [0.2, 0.25) is 0 Å². The van der Waals surface area contributed by atoms with E-state index >= 15 is 0 Å². The van der Waals surface area contributed by atoms with E-state index in [2.05, 4.69) is 252 Å². The zero-order valence-corrected chi connectivity index (χ0v) is 34.9. The van der Waals surface area contributed by atoms with Crippen molar-refractivity contribution >= 4 is 55.9 Å². The van der Waals surface area contributed by atoms with Gasteiger partial charge in [-0.05, 0) is 135 Å². The highest BCUT2D eigenvalue weighted by Crippen LogP contribution is 2.66. The molecule has 0 radical (unpaired) electrons. The number of para-hydroxylation sites is 3. The highest BCUT2D eigenvalue weighted by atomic mass is 16.3. The number of hydrogen-bond donors (Lipinski definition) is 0. The molecule has 1 heterocycles. The lowest BCUT2D eigenvalue weighted by Gasteiger charge is -2.33. The molecule has 1 spiro atoms. The summed E-state index contributed by atoms with van der Waals surface area (Å²) < 4.78 is 7.02. The average Bonchev–Trinajstić information content (AvgIpc) is 3.99. The number of benzene rings is 10. The summed E-state index contributed by atoms with van der Waals surface area (Å²) in [5, 5.41) is 3.54. The Hall–Kier alpha value is -8.40. The van der Waals surface area contributed by atoms with E-state index in [-0.39, 0.29) is 0 Å². The minimum absolute atomic E-state index is 0.680. The third-order valence-electron chi connectivity index (χ3n) is 13.4. The predicted octanol–water partition coefficient (Wildman–Crippen LogP) is 16.5. The molecule has 3 heteroatoms. The van der Waals surface area contributed by atoms with E-state index < -0.39 is 5.41 Å². The highest BCUT2D eigenvalue weighted by molar-refractivity contribution is 6.03. The minimum Gasteiger partial charge on any atom is -0.456 e. The second-order valence-electron chi connectivity index (χ2n) is 16.8. The number of anilines is 6. The smallest absolute Gasteiger partial charge is 0.140 e. The van der Waals surface area contributed by atoms with Gasteiger partial charge in [0.2, 0.25) is 0 Å². The lowest BCUT2D eigenvalue weighted by molar-refractivity contribution is 0.628. The van der Waals surface area contributed by atoms with Gasteiger partial charge in [0, 0.05) is 50.6 Å². The summed E-state index contributed by atoms with van der Waals surface area (Å²) in [6.07, 6.45) is 0. The topological polar surface area (TPSA) is 19.6 Å². The maximum atomic E-state index is 7.02. The van der Waals surface area contributed by atoms with Crippen molar-refractivity contribution < 1.29 is 4.42 Å². The first kappa shape index (κ1) is 36.3. The second-order valence-corrected chi connectivity index (χ2v) is 16.8. The van der Waals surface area contributed by atoms with Crippen molar-refractivity contribution in [2.75, 3.05) is 9.80 Å². The molecule has 0 amide bonds. The number of fused-ring (bicyclic) bond motifs is 13. The van der Waals surface area contributed by atoms with E-state index in [0.29, 0.717) is 0 Å². The van der Waals surface area contributed by atoms with E-state index in [0.717, 1.165) is 56.4 Å². The third-order valence-corrected chi connectivity index (χ3v) is 13.4. The molecular formula is C61H40N2O.